The second-order valence-corrected chi connectivity index (χ2v) is 7.37. The van der Waals surface area contributed by atoms with Crippen LogP contribution in [0, 0.1) is 5.92 Å². The van der Waals surface area contributed by atoms with Gasteiger partial charge in [-0.15, -0.1) is 0 Å². The average molecular weight is 344 g/mol. The molecule has 0 aromatic carbocycles. The summed E-state index contributed by atoms with van der Waals surface area (Å²) in [5.41, 5.74) is 0.610. The molecule has 6 nitrogen and oxygen atoms in total. The quantitative estimate of drug-likeness (QED) is 0.659. The van der Waals surface area contributed by atoms with E-state index in [1.54, 1.807) is 12.4 Å². The molecule has 3 rings (SSSR count). The minimum atomic E-state index is -0.984. The summed E-state index contributed by atoms with van der Waals surface area (Å²) in [6, 6.07) is 0. The van der Waals surface area contributed by atoms with E-state index in [4.69, 9.17) is 5.11 Å². The van der Waals surface area contributed by atoms with E-state index in [0.29, 0.717) is 5.69 Å². The van der Waals surface area contributed by atoms with Gasteiger partial charge in [-0.1, -0.05) is 32.1 Å². The van der Waals surface area contributed by atoms with E-state index in [0.717, 1.165) is 43.7 Å². The Balaban J connectivity index is 1.59. The van der Waals surface area contributed by atoms with E-state index in [-0.39, 0.29) is 5.54 Å². The highest BCUT2D eigenvalue weighted by Crippen LogP contribution is 2.32. The molecule has 25 heavy (non-hydrogen) atoms. The van der Waals surface area contributed by atoms with Crippen LogP contribution in [0.3, 0.4) is 0 Å². The first-order chi connectivity index (χ1) is 12.2. The summed E-state index contributed by atoms with van der Waals surface area (Å²) in [7, 11) is 0. The van der Waals surface area contributed by atoms with Crippen LogP contribution < -0.4 is 10.6 Å². The van der Waals surface area contributed by atoms with Crippen LogP contribution in [0.25, 0.3) is 6.08 Å². The molecule has 1 atom stereocenters. The van der Waals surface area contributed by atoms with Crippen LogP contribution in [0.2, 0.25) is 0 Å². The highest BCUT2D eigenvalue weighted by molar-refractivity contribution is 5.84. The summed E-state index contributed by atoms with van der Waals surface area (Å²) in [6.45, 7) is 1.99. The molecule has 1 saturated heterocycles. The summed E-state index contributed by atoms with van der Waals surface area (Å²) < 4.78 is 0. The largest absolute Gasteiger partial charge is 0.478 e. The average Bonchev–Trinajstić information content (AvgIpc) is 3.09. The maximum Gasteiger partial charge on any atom is 0.328 e. The van der Waals surface area contributed by atoms with Crippen molar-refractivity contribution in [2.24, 2.45) is 5.92 Å². The number of hydrogen-bond donors (Lipinski definition) is 3. The van der Waals surface area contributed by atoms with Crippen LogP contribution in [0.4, 0.5) is 5.82 Å². The van der Waals surface area contributed by atoms with Gasteiger partial charge in [-0.25, -0.2) is 9.78 Å². The van der Waals surface area contributed by atoms with Gasteiger partial charge in [-0.3, -0.25) is 4.98 Å². The van der Waals surface area contributed by atoms with Gasteiger partial charge in [0.05, 0.1) is 23.6 Å². The Labute approximate surface area is 149 Å². The molecule has 1 aliphatic heterocycles. The number of carbonyl (C=O) groups is 1. The first kappa shape index (κ1) is 17.9. The van der Waals surface area contributed by atoms with Gasteiger partial charge < -0.3 is 15.7 Å². The molecule has 0 radical (unpaired) electrons. The lowest BCUT2D eigenvalue weighted by molar-refractivity contribution is -0.131. The summed E-state index contributed by atoms with van der Waals surface area (Å²) in [5.74, 6) is 0.658. The van der Waals surface area contributed by atoms with E-state index in [1.807, 2.05) is 0 Å². The van der Waals surface area contributed by atoms with Crippen molar-refractivity contribution in [1.29, 1.82) is 0 Å². The van der Waals surface area contributed by atoms with Gasteiger partial charge in [0.25, 0.3) is 0 Å². The van der Waals surface area contributed by atoms with Crippen molar-refractivity contribution in [1.82, 2.24) is 15.3 Å². The Kier molecular flexibility index (Phi) is 6.02. The smallest absolute Gasteiger partial charge is 0.328 e. The fourth-order valence-corrected chi connectivity index (χ4v) is 4.00. The van der Waals surface area contributed by atoms with Gasteiger partial charge in [0.15, 0.2) is 0 Å². The standard InChI is InChI=1S/C19H28N4O2/c24-18(25)7-6-16-12-22-17(13-21-16)23-19(10-11-20-14-19)9-8-15-4-2-1-3-5-15/h6-7,12-13,15,20H,1-5,8-11,14H2,(H,22,23)(H,24,25)/b7-6+/t19-/m1/s1. The second-order valence-electron chi connectivity index (χ2n) is 7.37. The lowest BCUT2D eigenvalue weighted by Crippen LogP contribution is -2.41. The van der Waals surface area contributed by atoms with Gasteiger partial charge in [0.1, 0.15) is 5.82 Å². The molecule has 0 bridgehead atoms. The predicted octanol–water partition coefficient (Wildman–Crippen LogP) is 3.08. The Morgan fingerprint density at radius 1 is 1.32 bits per heavy atom. The molecule has 2 aliphatic rings. The molecule has 1 saturated carbocycles. The predicted molar refractivity (Wildman–Crippen MR) is 98.4 cm³/mol. The highest BCUT2D eigenvalue weighted by Gasteiger charge is 2.34. The summed E-state index contributed by atoms with van der Waals surface area (Å²) in [4.78, 5) is 19.3. The van der Waals surface area contributed by atoms with E-state index < -0.39 is 5.97 Å². The van der Waals surface area contributed by atoms with Crippen molar-refractivity contribution in [3.8, 4) is 0 Å². The molecule has 0 amide bonds. The molecule has 1 aromatic rings. The minimum Gasteiger partial charge on any atom is -0.478 e. The summed E-state index contributed by atoms with van der Waals surface area (Å²) in [6.07, 6.45) is 16.3. The monoisotopic (exact) mass is 344 g/mol. The van der Waals surface area contributed by atoms with Crippen LogP contribution in [-0.2, 0) is 4.79 Å². The summed E-state index contributed by atoms with van der Waals surface area (Å²) in [5, 5.41) is 15.8. The normalized spacial score (nSPS) is 24.6. The van der Waals surface area contributed by atoms with Crippen molar-refractivity contribution < 1.29 is 9.90 Å². The third-order valence-electron chi connectivity index (χ3n) is 5.46. The van der Waals surface area contributed by atoms with E-state index in [1.165, 1.54) is 44.6 Å². The number of aliphatic carboxylic acids is 1. The number of carboxylic acids is 1. The van der Waals surface area contributed by atoms with Crippen LogP contribution in [0.1, 0.15) is 57.1 Å². The Morgan fingerprint density at radius 2 is 2.16 bits per heavy atom. The van der Waals surface area contributed by atoms with Crippen molar-refractivity contribution in [3.63, 3.8) is 0 Å². The fourth-order valence-electron chi connectivity index (χ4n) is 4.00. The third kappa shape index (κ3) is 5.26. The molecule has 2 heterocycles. The van der Waals surface area contributed by atoms with E-state index >= 15 is 0 Å². The van der Waals surface area contributed by atoms with Gasteiger partial charge in [0, 0.05) is 12.6 Å². The van der Waals surface area contributed by atoms with Crippen LogP contribution >= 0.6 is 0 Å². The molecule has 0 unspecified atom stereocenters. The zero-order valence-corrected chi connectivity index (χ0v) is 14.7. The number of carboxylic acid groups (broad SMARTS) is 1. The van der Waals surface area contributed by atoms with Gasteiger partial charge in [0.2, 0.25) is 0 Å². The Morgan fingerprint density at radius 3 is 2.80 bits per heavy atom. The Bertz CT molecular complexity index is 588. The van der Waals surface area contributed by atoms with Gasteiger partial charge in [-0.2, -0.15) is 0 Å². The molecule has 6 heteroatoms. The number of nitrogens with one attached hydrogen (secondary N) is 2. The van der Waals surface area contributed by atoms with Gasteiger partial charge in [-0.05, 0) is 37.8 Å². The molecule has 3 N–H and O–H groups in total. The zero-order chi connectivity index (χ0) is 17.5. The maximum absolute atomic E-state index is 10.6. The van der Waals surface area contributed by atoms with Crippen molar-refractivity contribution >= 4 is 17.9 Å². The minimum absolute atomic E-state index is 0.0601. The van der Waals surface area contributed by atoms with Crippen LogP contribution in [0.5, 0.6) is 0 Å². The SMILES string of the molecule is O=C(O)/C=C/c1cnc(N[C@]2(CCC3CCCCC3)CCNC2)cn1. The molecule has 2 fully saturated rings. The van der Waals surface area contributed by atoms with Crippen LogP contribution in [0.15, 0.2) is 18.5 Å². The van der Waals surface area contributed by atoms with Crippen LogP contribution in [-0.4, -0.2) is 39.7 Å². The second kappa shape index (κ2) is 8.43. The molecule has 0 spiro atoms. The highest BCUT2D eigenvalue weighted by atomic mass is 16.4. The lowest BCUT2D eigenvalue weighted by Gasteiger charge is -2.32. The molecular formula is C19H28N4O2. The van der Waals surface area contributed by atoms with Crippen molar-refractivity contribution in [2.75, 3.05) is 18.4 Å². The number of rotatable bonds is 7. The Hall–Kier alpha value is -1.95. The first-order valence-corrected chi connectivity index (χ1v) is 9.37. The summed E-state index contributed by atoms with van der Waals surface area (Å²) >= 11 is 0. The fraction of sp³-hybridized carbons (Fsp3) is 0.632. The van der Waals surface area contributed by atoms with Crippen molar-refractivity contribution in [3.05, 3.63) is 24.2 Å². The molecule has 1 aromatic heterocycles. The lowest BCUT2D eigenvalue weighted by atomic mass is 9.81. The maximum atomic E-state index is 10.6. The number of nitrogens with zero attached hydrogens (tertiary/aromatic N) is 2. The molecular weight excluding hydrogens is 316 g/mol. The van der Waals surface area contributed by atoms with E-state index in [2.05, 4.69) is 20.6 Å². The molecule has 136 valence electrons. The number of anilines is 1. The topological polar surface area (TPSA) is 87.1 Å². The third-order valence-corrected chi connectivity index (χ3v) is 5.46. The number of hydrogen-bond acceptors (Lipinski definition) is 5. The first-order valence-electron chi connectivity index (χ1n) is 9.37. The van der Waals surface area contributed by atoms with Gasteiger partial charge >= 0.3 is 5.97 Å². The van der Waals surface area contributed by atoms with E-state index in [9.17, 15) is 4.79 Å². The van der Waals surface area contributed by atoms with Crippen molar-refractivity contribution in [2.45, 2.75) is 56.9 Å². The zero-order valence-electron chi connectivity index (χ0n) is 14.7. The number of aromatic nitrogens is 2. The molecule has 1 aliphatic carbocycles.